The van der Waals surface area contributed by atoms with Crippen LogP contribution < -0.4 is 15.5 Å². The minimum atomic E-state index is -0.258. The molecule has 0 radical (unpaired) electrons. The van der Waals surface area contributed by atoms with Gasteiger partial charge in [0.15, 0.2) is 5.96 Å². The highest BCUT2D eigenvalue weighted by atomic mass is 19.1. The topological polar surface area (TPSA) is 60.0 Å². The van der Waals surface area contributed by atoms with Crippen LogP contribution in [0.2, 0.25) is 0 Å². The number of anilines is 1. The lowest BCUT2D eigenvalue weighted by Crippen LogP contribution is -2.53. The highest BCUT2D eigenvalue weighted by molar-refractivity contribution is 5.85. The fourth-order valence-corrected chi connectivity index (χ4v) is 2.86. The van der Waals surface area contributed by atoms with Crippen molar-refractivity contribution in [2.45, 2.75) is 33.2 Å². The van der Waals surface area contributed by atoms with Crippen molar-refractivity contribution >= 4 is 17.6 Å². The molecule has 0 spiro atoms. The van der Waals surface area contributed by atoms with E-state index in [4.69, 9.17) is 0 Å². The number of rotatable bonds is 4. The van der Waals surface area contributed by atoms with E-state index in [1.165, 1.54) is 12.1 Å². The molecule has 0 atom stereocenters. The van der Waals surface area contributed by atoms with E-state index in [-0.39, 0.29) is 23.8 Å². The van der Waals surface area contributed by atoms with E-state index in [1.54, 1.807) is 12.1 Å². The third-order valence-corrected chi connectivity index (χ3v) is 3.99. The van der Waals surface area contributed by atoms with Crippen LogP contribution in [0.5, 0.6) is 0 Å². The van der Waals surface area contributed by atoms with Gasteiger partial charge in [0, 0.05) is 44.0 Å². The molecule has 6 nitrogen and oxygen atoms in total. The monoisotopic (exact) mass is 363 g/mol. The van der Waals surface area contributed by atoms with Crippen molar-refractivity contribution in [3.8, 4) is 0 Å². The van der Waals surface area contributed by atoms with Gasteiger partial charge in [-0.2, -0.15) is 0 Å². The van der Waals surface area contributed by atoms with E-state index >= 15 is 0 Å². The van der Waals surface area contributed by atoms with E-state index < -0.39 is 0 Å². The molecule has 1 heterocycles. The van der Waals surface area contributed by atoms with Gasteiger partial charge < -0.3 is 20.4 Å². The molecular formula is C19H30FN5O. The molecule has 2 N–H and O–H groups in total. The molecule has 26 heavy (non-hydrogen) atoms. The molecule has 1 aromatic carbocycles. The Morgan fingerprint density at radius 2 is 1.77 bits per heavy atom. The average Bonchev–Trinajstić information content (AvgIpc) is 2.58. The molecule has 144 valence electrons. The number of nitrogens with one attached hydrogen (secondary N) is 2. The van der Waals surface area contributed by atoms with Crippen LogP contribution in [0.25, 0.3) is 0 Å². The minimum absolute atomic E-state index is 0.0853. The lowest BCUT2D eigenvalue weighted by Gasteiger charge is -2.37. The SMILES string of the molecule is CCNC(=NCC(=O)NC(C)(C)C)N1CCN(c2ccc(F)cc2)CC1. The molecule has 1 saturated heterocycles. The first-order valence-electron chi connectivity index (χ1n) is 9.13. The molecule has 2 rings (SSSR count). The lowest BCUT2D eigenvalue weighted by atomic mass is 10.1. The smallest absolute Gasteiger partial charge is 0.242 e. The van der Waals surface area contributed by atoms with Crippen LogP contribution in [0.1, 0.15) is 27.7 Å². The number of benzene rings is 1. The Hall–Kier alpha value is -2.31. The van der Waals surface area contributed by atoms with Crippen molar-refractivity contribution in [1.29, 1.82) is 0 Å². The largest absolute Gasteiger partial charge is 0.368 e. The molecule has 0 aliphatic carbocycles. The summed E-state index contributed by atoms with van der Waals surface area (Å²) in [4.78, 5) is 20.9. The first-order chi connectivity index (χ1) is 12.3. The van der Waals surface area contributed by atoms with Gasteiger partial charge in [0.2, 0.25) is 5.91 Å². The third-order valence-electron chi connectivity index (χ3n) is 3.99. The van der Waals surface area contributed by atoms with Crippen molar-refractivity contribution in [3.05, 3.63) is 30.1 Å². The number of carbonyl (C=O) groups excluding carboxylic acids is 1. The van der Waals surface area contributed by atoms with Crippen LogP contribution >= 0.6 is 0 Å². The quantitative estimate of drug-likeness (QED) is 0.633. The van der Waals surface area contributed by atoms with Gasteiger partial charge in [0.1, 0.15) is 12.4 Å². The van der Waals surface area contributed by atoms with Crippen LogP contribution in [-0.4, -0.2) is 61.6 Å². The van der Waals surface area contributed by atoms with Crippen molar-refractivity contribution < 1.29 is 9.18 Å². The number of carbonyl (C=O) groups is 1. The fraction of sp³-hybridized carbons (Fsp3) is 0.579. The molecule has 1 fully saturated rings. The maximum absolute atomic E-state index is 13.1. The Labute approximate surface area is 155 Å². The van der Waals surface area contributed by atoms with Crippen molar-refractivity contribution in [2.24, 2.45) is 4.99 Å². The van der Waals surface area contributed by atoms with E-state index in [0.717, 1.165) is 44.4 Å². The highest BCUT2D eigenvalue weighted by Crippen LogP contribution is 2.17. The number of aliphatic imine (C=N–C) groups is 1. The van der Waals surface area contributed by atoms with E-state index in [1.807, 2.05) is 27.7 Å². The molecular weight excluding hydrogens is 333 g/mol. The second-order valence-electron chi connectivity index (χ2n) is 7.42. The van der Waals surface area contributed by atoms with Gasteiger partial charge in [-0.15, -0.1) is 0 Å². The fourth-order valence-electron chi connectivity index (χ4n) is 2.86. The summed E-state index contributed by atoms with van der Waals surface area (Å²) in [6.45, 7) is 12.0. The number of halogens is 1. The standard InChI is InChI=1S/C19H30FN5O/c1-5-21-18(22-14-17(26)23-19(2,3)4)25-12-10-24(11-13-25)16-8-6-15(20)7-9-16/h6-9H,5,10-14H2,1-4H3,(H,21,22)(H,23,26). The predicted molar refractivity (Wildman–Crippen MR) is 104 cm³/mol. The van der Waals surface area contributed by atoms with Crippen LogP contribution in [0.3, 0.4) is 0 Å². The molecule has 7 heteroatoms. The van der Waals surface area contributed by atoms with Crippen LogP contribution in [0.15, 0.2) is 29.3 Å². The number of piperazine rings is 1. The van der Waals surface area contributed by atoms with E-state index in [0.29, 0.717) is 0 Å². The van der Waals surface area contributed by atoms with Crippen LogP contribution in [0, 0.1) is 5.82 Å². The van der Waals surface area contributed by atoms with Gasteiger partial charge in [0.05, 0.1) is 0 Å². The zero-order chi connectivity index (χ0) is 19.2. The second kappa shape index (κ2) is 8.87. The second-order valence-corrected chi connectivity index (χ2v) is 7.42. The van der Waals surface area contributed by atoms with Crippen LogP contribution in [-0.2, 0) is 4.79 Å². The molecule has 0 aromatic heterocycles. The van der Waals surface area contributed by atoms with Crippen molar-refractivity contribution in [2.75, 3.05) is 44.2 Å². The Balaban J connectivity index is 1.93. The Morgan fingerprint density at radius 1 is 1.15 bits per heavy atom. The molecule has 1 aliphatic rings. The van der Waals surface area contributed by atoms with Crippen LogP contribution in [0.4, 0.5) is 10.1 Å². The number of hydrogen-bond donors (Lipinski definition) is 2. The number of guanidine groups is 1. The highest BCUT2D eigenvalue weighted by Gasteiger charge is 2.20. The summed E-state index contributed by atoms with van der Waals surface area (Å²) in [7, 11) is 0. The number of amides is 1. The zero-order valence-corrected chi connectivity index (χ0v) is 16.2. The summed E-state index contributed by atoms with van der Waals surface area (Å²) in [5.74, 6) is 0.454. The average molecular weight is 363 g/mol. The van der Waals surface area contributed by atoms with Crippen molar-refractivity contribution in [1.82, 2.24) is 15.5 Å². The van der Waals surface area contributed by atoms with E-state index in [9.17, 15) is 9.18 Å². The third kappa shape index (κ3) is 6.20. The van der Waals surface area contributed by atoms with E-state index in [2.05, 4.69) is 25.4 Å². The van der Waals surface area contributed by atoms with Gasteiger partial charge in [-0.1, -0.05) is 0 Å². The van der Waals surface area contributed by atoms with Gasteiger partial charge in [-0.3, -0.25) is 4.79 Å². The summed E-state index contributed by atoms with van der Waals surface area (Å²) < 4.78 is 13.1. The molecule has 1 aromatic rings. The maximum Gasteiger partial charge on any atom is 0.242 e. The van der Waals surface area contributed by atoms with Gasteiger partial charge >= 0.3 is 0 Å². The first-order valence-corrected chi connectivity index (χ1v) is 9.13. The normalized spacial score (nSPS) is 15.8. The lowest BCUT2D eigenvalue weighted by molar-refractivity contribution is -0.121. The van der Waals surface area contributed by atoms with Gasteiger partial charge in [-0.05, 0) is 52.0 Å². The van der Waals surface area contributed by atoms with Gasteiger partial charge in [-0.25, -0.2) is 9.38 Å². The number of hydrogen-bond acceptors (Lipinski definition) is 3. The summed E-state index contributed by atoms with van der Waals surface area (Å²) >= 11 is 0. The van der Waals surface area contributed by atoms with Gasteiger partial charge in [0.25, 0.3) is 0 Å². The predicted octanol–water partition coefficient (Wildman–Crippen LogP) is 1.83. The molecule has 1 aliphatic heterocycles. The molecule has 0 saturated carbocycles. The summed E-state index contributed by atoms with van der Waals surface area (Å²) in [6, 6.07) is 6.59. The minimum Gasteiger partial charge on any atom is -0.368 e. The molecule has 1 amide bonds. The Bertz CT molecular complexity index is 616. The summed E-state index contributed by atoms with van der Waals surface area (Å²) in [6.07, 6.45) is 0. The Morgan fingerprint density at radius 3 is 2.31 bits per heavy atom. The Kier molecular flexibility index (Phi) is 6.83. The summed E-state index contributed by atoms with van der Waals surface area (Å²) in [5.41, 5.74) is 0.767. The maximum atomic E-state index is 13.1. The molecule has 0 bridgehead atoms. The molecule has 0 unspecified atom stereocenters. The first kappa shape index (κ1) is 20.0. The summed E-state index contributed by atoms with van der Waals surface area (Å²) in [5, 5.41) is 6.18. The van der Waals surface area contributed by atoms with Crippen molar-refractivity contribution in [3.63, 3.8) is 0 Å². The number of nitrogens with zero attached hydrogens (tertiary/aromatic N) is 3. The zero-order valence-electron chi connectivity index (χ0n) is 16.2.